The minimum atomic E-state index is -0.358. The van der Waals surface area contributed by atoms with Crippen molar-refractivity contribution in [2.45, 2.75) is 20.8 Å². The van der Waals surface area contributed by atoms with Crippen LogP contribution in [0.1, 0.15) is 22.5 Å². The Morgan fingerprint density at radius 1 is 1.21 bits per heavy atom. The largest absolute Gasteiger partial charge is 0.482 e. The molecule has 1 aromatic heterocycles. The molecule has 0 unspecified atom stereocenters. The number of para-hydroxylation sites is 1. The number of carbonyl (C=O) groups excluding carboxylic acids is 1. The van der Waals surface area contributed by atoms with Crippen molar-refractivity contribution >= 4 is 46.3 Å². The highest BCUT2D eigenvalue weighted by atomic mass is 127. The van der Waals surface area contributed by atoms with Gasteiger partial charge in [-0.2, -0.15) is 5.10 Å². The number of benzene rings is 2. The molecule has 0 aliphatic heterocycles. The van der Waals surface area contributed by atoms with Crippen LogP contribution in [0, 0.1) is 24.3 Å². The number of nitrogens with one attached hydrogen (secondary N) is 1. The van der Waals surface area contributed by atoms with Crippen LogP contribution < -0.4 is 10.2 Å². The van der Waals surface area contributed by atoms with Crippen molar-refractivity contribution in [1.29, 1.82) is 0 Å². The molecule has 1 N–H and O–H groups in total. The Hall–Kier alpha value is -2.32. The third kappa shape index (κ3) is 5.19. The summed E-state index contributed by atoms with van der Waals surface area (Å²) in [5.74, 6) is 0.105. The van der Waals surface area contributed by atoms with E-state index in [2.05, 4.69) is 62.8 Å². The van der Waals surface area contributed by atoms with E-state index in [1.165, 1.54) is 9.13 Å². The quantitative estimate of drug-likeness (QED) is 0.276. The lowest BCUT2D eigenvalue weighted by Crippen LogP contribution is -2.24. The fourth-order valence-electron chi connectivity index (χ4n) is 2.99. The minimum Gasteiger partial charge on any atom is -0.482 e. The van der Waals surface area contributed by atoms with Crippen LogP contribution in [-0.2, 0) is 4.79 Å². The molecule has 0 radical (unpaired) electrons. The molecule has 5 nitrogen and oxygen atoms in total. The SMILES string of the molecule is Cc1cc(-n2c(C)cc(/C=N/NC(=O)COc3ccccc3Cl)c2C)ccc1I. The number of halogens is 2. The molecule has 2 aromatic carbocycles. The fourth-order valence-corrected chi connectivity index (χ4v) is 3.52. The van der Waals surface area contributed by atoms with Crippen molar-refractivity contribution in [3.8, 4) is 11.4 Å². The Morgan fingerprint density at radius 3 is 2.69 bits per heavy atom. The van der Waals surface area contributed by atoms with E-state index in [0.29, 0.717) is 10.8 Å². The van der Waals surface area contributed by atoms with Gasteiger partial charge < -0.3 is 9.30 Å². The number of nitrogens with zero attached hydrogens (tertiary/aromatic N) is 2. The van der Waals surface area contributed by atoms with Gasteiger partial charge in [-0.1, -0.05) is 23.7 Å². The van der Waals surface area contributed by atoms with Crippen LogP contribution in [0.3, 0.4) is 0 Å². The molecular formula is C22H21ClIN3O2. The lowest BCUT2D eigenvalue weighted by molar-refractivity contribution is -0.123. The molecule has 0 aliphatic rings. The topological polar surface area (TPSA) is 55.6 Å². The van der Waals surface area contributed by atoms with Crippen LogP contribution in [0.4, 0.5) is 0 Å². The van der Waals surface area contributed by atoms with Crippen LogP contribution in [0.25, 0.3) is 5.69 Å². The first-order chi connectivity index (χ1) is 13.9. The molecule has 0 fully saturated rings. The molecule has 0 bridgehead atoms. The maximum absolute atomic E-state index is 12.0. The van der Waals surface area contributed by atoms with E-state index in [9.17, 15) is 4.79 Å². The Bertz CT molecular complexity index is 1080. The van der Waals surface area contributed by atoms with E-state index in [0.717, 1.165) is 22.6 Å². The molecule has 1 amide bonds. The van der Waals surface area contributed by atoms with Gasteiger partial charge in [0.15, 0.2) is 6.61 Å². The first-order valence-corrected chi connectivity index (χ1v) is 10.5. The number of hydrogen-bond acceptors (Lipinski definition) is 3. The number of hydrogen-bond donors (Lipinski definition) is 1. The molecule has 0 aliphatic carbocycles. The summed E-state index contributed by atoms with van der Waals surface area (Å²) in [5.41, 5.74) is 7.91. The third-order valence-corrected chi connectivity index (χ3v) is 5.98. The first-order valence-electron chi connectivity index (χ1n) is 9.01. The van der Waals surface area contributed by atoms with Crippen LogP contribution in [0.2, 0.25) is 5.02 Å². The highest BCUT2D eigenvalue weighted by molar-refractivity contribution is 14.1. The van der Waals surface area contributed by atoms with Gasteiger partial charge >= 0.3 is 0 Å². The molecular weight excluding hydrogens is 501 g/mol. The average molecular weight is 522 g/mol. The smallest absolute Gasteiger partial charge is 0.277 e. The zero-order valence-electron chi connectivity index (χ0n) is 16.4. The maximum Gasteiger partial charge on any atom is 0.277 e. The molecule has 0 atom stereocenters. The number of rotatable bonds is 6. The molecule has 0 saturated carbocycles. The van der Waals surface area contributed by atoms with E-state index in [-0.39, 0.29) is 12.5 Å². The van der Waals surface area contributed by atoms with Gasteiger partial charge in [-0.15, -0.1) is 0 Å². The highest BCUT2D eigenvalue weighted by Gasteiger charge is 2.10. The minimum absolute atomic E-state index is 0.165. The summed E-state index contributed by atoms with van der Waals surface area (Å²) in [6, 6.07) is 15.4. The zero-order valence-corrected chi connectivity index (χ0v) is 19.3. The number of hydrazone groups is 1. The molecule has 3 rings (SSSR count). The molecule has 1 heterocycles. The van der Waals surface area contributed by atoms with Gasteiger partial charge in [-0.05, 0) is 85.3 Å². The monoisotopic (exact) mass is 521 g/mol. The summed E-state index contributed by atoms with van der Waals surface area (Å²) in [5, 5.41) is 4.53. The Labute approximate surface area is 188 Å². The van der Waals surface area contributed by atoms with Crippen LogP contribution >= 0.6 is 34.2 Å². The summed E-state index contributed by atoms with van der Waals surface area (Å²) < 4.78 is 8.81. The summed E-state index contributed by atoms with van der Waals surface area (Å²) >= 11 is 8.34. The van der Waals surface area contributed by atoms with Gasteiger partial charge in [0.25, 0.3) is 5.91 Å². The Balaban J connectivity index is 1.66. The second-order valence-electron chi connectivity index (χ2n) is 6.61. The van der Waals surface area contributed by atoms with Gasteiger partial charge in [-0.3, -0.25) is 4.79 Å². The van der Waals surface area contributed by atoms with Gasteiger partial charge in [0.05, 0.1) is 11.2 Å². The van der Waals surface area contributed by atoms with Crippen LogP contribution in [0.15, 0.2) is 53.6 Å². The zero-order chi connectivity index (χ0) is 21.0. The molecule has 0 spiro atoms. The summed E-state index contributed by atoms with van der Waals surface area (Å²) in [6.07, 6.45) is 1.64. The summed E-state index contributed by atoms with van der Waals surface area (Å²) in [7, 11) is 0. The Morgan fingerprint density at radius 2 is 1.97 bits per heavy atom. The normalized spacial score (nSPS) is 11.1. The first kappa shape index (κ1) is 21.4. The molecule has 29 heavy (non-hydrogen) atoms. The molecule has 3 aromatic rings. The number of amides is 1. The van der Waals surface area contributed by atoms with E-state index < -0.39 is 0 Å². The van der Waals surface area contributed by atoms with E-state index in [1.807, 2.05) is 19.9 Å². The summed E-state index contributed by atoms with van der Waals surface area (Å²) in [4.78, 5) is 12.0. The van der Waals surface area contributed by atoms with Crippen molar-refractivity contribution in [3.05, 3.63) is 79.6 Å². The lowest BCUT2D eigenvalue weighted by Gasteiger charge is -2.11. The predicted octanol–water partition coefficient (Wildman–Crippen LogP) is 5.19. The van der Waals surface area contributed by atoms with Gasteiger partial charge in [0.1, 0.15) is 5.75 Å². The standard InChI is InChI=1S/C22H21ClIN3O2/c1-14-10-18(8-9-20(14)24)27-15(2)11-17(16(27)3)12-25-26-22(28)13-29-21-7-5-4-6-19(21)23/h4-12H,13H2,1-3H3,(H,26,28)/b25-12+. The number of carbonyl (C=O) groups is 1. The third-order valence-electron chi connectivity index (χ3n) is 4.46. The van der Waals surface area contributed by atoms with E-state index >= 15 is 0 Å². The van der Waals surface area contributed by atoms with E-state index in [1.54, 1.807) is 30.5 Å². The molecule has 150 valence electrons. The summed E-state index contributed by atoms with van der Waals surface area (Å²) in [6.45, 7) is 6.02. The van der Waals surface area contributed by atoms with E-state index in [4.69, 9.17) is 16.3 Å². The van der Waals surface area contributed by atoms with Crippen LogP contribution in [0.5, 0.6) is 5.75 Å². The van der Waals surface area contributed by atoms with Gasteiger partial charge in [-0.25, -0.2) is 5.43 Å². The van der Waals surface area contributed by atoms with Gasteiger partial charge in [0, 0.05) is 26.2 Å². The fraction of sp³-hybridized carbons (Fsp3) is 0.182. The Kier molecular flexibility index (Phi) is 6.97. The van der Waals surface area contributed by atoms with Gasteiger partial charge in [0.2, 0.25) is 0 Å². The van der Waals surface area contributed by atoms with Crippen molar-refractivity contribution in [2.75, 3.05) is 6.61 Å². The second kappa shape index (κ2) is 9.45. The molecule has 7 heteroatoms. The van der Waals surface area contributed by atoms with Crippen molar-refractivity contribution < 1.29 is 9.53 Å². The molecule has 0 saturated heterocycles. The lowest BCUT2D eigenvalue weighted by atomic mass is 10.2. The number of aromatic nitrogens is 1. The number of aryl methyl sites for hydroxylation is 2. The predicted molar refractivity (Wildman–Crippen MR) is 125 cm³/mol. The average Bonchev–Trinajstić information content (AvgIpc) is 2.97. The van der Waals surface area contributed by atoms with Crippen molar-refractivity contribution in [2.24, 2.45) is 5.10 Å². The maximum atomic E-state index is 12.0. The highest BCUT2D eigenvalue weighted by Crippen LogP contribution is 2.23. The second-order valence-corrected chi connectivity index (χ2v) is 8.18. The van der Waals surface area contributed by atoms with Crippen LogP contribution in [-0.4, -0.2) is 23.3 Å². The number of ether oxygens (including phenoxy) is 1. The van der Waals surface area contributed by atoms with Crippen molar-refractivity contribution in [3.63, 3.8) is 0 Å². The van der Waals surface area contributed by atoms with Crippen molar-refractivity contribution in [1.82, 2.24) is 9.99 Å².